The zero-order valence-corrected chi connectivity index (χ0v) is 11.3. The van der Waals surface area contributed by atoms with Crippen LogP contribution in [-0.2, 0) is 0 Å². The molecule has 0 bridgehead atoms. The first-order valence-corrected chi connectivity index (χ1v) is 6.54. The van der Waals surface area contributed by atoms with Gasteiger partial charge >= 0.3 is 6.18 Å². The number of nitrogens with two attached hydrogens (primary N) is 1. The summed E-state index contributed by atoms with van der Waals surface area (Å²) in [4.78, 5) is 1.92. The Morgan fingerprint density at radius 3 is 2.33 bits per heavy atom. The quantitative estimate of drug-likeness (QED) is 0.797. The van der Waals surface area contributed by atoms with Crippen molar-refractivity contribution >= 4 is 27.3 Å². The molecule has 0 amide bonds. The van der Waals surface area contributed by atoms with Crippen LogP contribution >= 0.6 is 15.9 Å². The Bertz CT molecular complexity index is 426. The third-order valence-electron chi connectivity index (χ3n) is 3.29. The van der Waals surface area contributed by atoms with E-state index >= 15 is 0 Å². The fraction of sp³-hybridized carbons (Fsp3) is 0.500. The molecule has 0 spiro atoms. The second-order valence-corrected chi connectivity index (χ2v) is 5.42. The lowest BCUT2D eigenvalue weighted by Crippen LogP contribution is -2.39. The molecule has 2 nitrogen and oxygen atoms in total. The van der Waals surface area contributed by atoms with Crippen molar-refractivity contribution in [1.29, 1.82) is 0 Å². The Morgan fingerprint density at radius 2 is 1.83 bits per heavy atom. The Morgan fingerprint density at radius 1 is 1.22 bits per heavy atom. The maximum Gasteiger partial charge on any atom is 0.391 e. The topological polar surface area (TPSA) is 29.3 Å². The van der Waals surface area contributed by atoms with Gasteiger partial charge in [0.2, 0.25) is 0 Å². The van der Waals surface area contributed by atoms with Gasteiger partial charge in [-0.3, -0.25) is 0 Å². The van der Waals surface area contributed by atoms with E-state index in [9.17, 15) is 13.2 Å². The average molecular weight is 323 g/mol. The number of anilines is 2. The van der Waals surface area contributed by atoms with Crippen molar-refractivity contribution in [1.82, 2.24) is 0 Å². The van der Waals surface area contributed by atoms with Crippen LogP contribution in [0, 0.1) is 5.92 Å². The highest BCUT2D eigenvalue weighted by atomic mass is 79.9. The van der Waals surface area contributed by atoms with E-state index in [0.29, 0.717) is 18.8 Å². The van der Waals surface area contributed by atoms with Crippen LogP contribution in [0.1, 0.15) is 12.8 Å². The molecule has 6 heteroatoms. The molecule has 1 aromatic rings. The van der Waals surface area contributed by atoms with E-state index in [-0.39, 0.29) is 12.8 Å². The third kappa shape index (κ3) is 2.91. The van der Waals surface area contributed by atoms with Crippen molar-refractivity contribution in [3.05, 3.63) is 22.7 Å². The van der Waals surface area contributed by atoms with Gasteiger partial charge in [-0.2, -0.15) is 13.2 Å². The van der Waals surface area contributed by atoms with Crippen molar-refractivity contribution in [2.45, 2.75) is 19.0 Å². The molecule has 2 rings (SSSR count). The molecule has 1 aliphatic rings. The molecule has 0 aliphatic carbocycles. The van der Waals surface area contributed by atoms with E-state index in [1.165, 1.54) is 0 Å². The van der Waals surface area contributed by atoms with Crippen molar-refractivity contribution in [3.8, 4) is 0 Å². The molecule has 1 aliphatic heterocycles. The number of rotatable bonds is 1. The summed E-state index contributed by atoms with van der Waals surface area (Å²) in [6.45, 7) is 0.798. The Labute approximate surface area is 112 Å². The highest BCUT2D eigenvalue weighted by molar-refractivity contribution is 9.10. The molecule has 1 saturated heterocycles. The van der Waals surface area contributed by atoms with Gasteiger partial charge in [0, 0.05) is 17.6 Å². The first-order chi connectivity index (χ1) is 8.38. The summed E-state index contributed by atoms with van der Waals surface area (Å²) in [6.07, 6.45) is -3.80. The Hall–Kier alpha value is -0.910. The highest BCUT2D eigenvalue weighted by Gasteiger charge is 2.41. The van der Waals surface area contributed by atoms with Gasteiger partial charge in [-0.25, -0.2) is 0 Å². The number of alkyl halides is 3. The van der Waals surface area contributed by atoms with Crippen LogP contribution in [0.4, 0.5) is 24.5 Å². The first-order valence-electron chi connectivity index (χ1n) is 5.74. The van der Waals surface area contributed by atoms with Crippen molar-refractivity contribution < 1.29 is 13.2 Å². The van der Waals surface area contributed by atoms with Crippen molar-refractivity contribution in [2.75, 3.05) is 23.7 Å². The summed E-state index contributed by atoms with van der Waals surface area (Å²) in [6, 6.07) is 5.46. The molecule has 0 saturated carbocycles. The zero-order chi connectivity index (χ0) is 13.3. The van der Waals surface area contributed by atoms with Crippen LogP contribution in [0.25, 0.3) is 0 Å². The van der Waals surface area contributed by atoms with Crippen LogP contribution < -0.4 is 10.6 Å². The summed E-state index contributed by atoms with van der Waals surface area (Å²) in [7, 11) is 0. The number of hydrogen-bond acceptors (Lipinski definition) is 2. The number of piperidine rings is 1. The fourth-order valence-electron chi connectivity index (χ4n) is 2.26. The lowest BCUT2D eigenvalue weighted by molar-refractivity contribution is -0.179. The Kier molecular flexibility index (Phi) is 3.75. The number of nitrogen functional groups attached to an aromatic ring is 1. The van der Waals surface area contributed by atoms with E-state index in [1.807, 2.05) is 17.0 Å². The predicted octanol–water partition coefficient (Wildman–Crippen LogP) is 3.81. The van der Waals surface area contributed by atoms with E-state index < -0.39 is 12.1 Å². The lowest BCUT2D eigenvalue weighted by atomic mass is 9.96. The maximum atomic E-state index is 12.6. The van der Waals surface area contributed by atoms with Gasteiger partial charge < -0.3 is 10.6 Å². The molecule has 2 N–H and O–H groups in total. The van der Waals surface area contributed by atoms with E-state index in [0.717, 1.165) is 10.2 Å². The van der Waals surface area contributed by atoms with Crippen LogP contribution in [0.2, 0.25) is 0 Å². The molecular formula is C12H14BrF3N2. The number of halogens is 4. The number of hydrogen-bond donors (Lipinski definition) is 1. The number of nitrogens with zero attached hydrogens (tertiary/aromatic N) is 1. The van der Waals surface area contributed by atoms with Crippen LogP contribution in [-0.4, -0.2) is 19.3 Å². The maximum absolute atomic E-state index is 12.6. The van der Waals surface area contributed by atoms with Crippen LogP contribution in [0.3, 0.4) is 0 Å². The summed E-state index contributed by atoms with van der Waals surface area (Å²) >= 11 is 3.31. The molecule has 18 heavy (non-hydrogen) atoms. The van der Waals surface area contributed by atoms with E-state index in [4.69, 9.17) is 5.73 Å². The van der Waals surface area contributed by atoms with Gasteiger partial charge in [0.25, 0.3) is 0 Å². The molecule has 1 aromatic carbocycles. The second kappa shape index (κ2) is 4.99. The normalized spacial score (nSPS) is 18.1. The molecule has 1 heterocycles. The van der Waals surface area contributed by atoms with Gasteiger partial charge in [-0.1, -0.05) is 15.9 Å². The van der Waals surface area contributed by atoms with Crippen LogP contribution in [0.5, 0.6) is 0 Å². The van der Waals surface area contributed by atoms with Crippen molar-refractivity contribution in [3.63, 3.8) is 0 Å². The van der Waals surface area contributed by atoms with Gasteiger partial charge in [0.05, 0.1) is 17.3 Å². The minimum Gasteiger partial charge on any atom is -0.397 e. The minimum absolute atomic E-state index is 0.138. The molecular weight excluding hydrogens is 309 g/mol. The average Bonchev–Trinajstić information content (AvgIpc) is 2.28. The monoisotopic (exact) mass is 322 g/mol. The molecule has 1 fully saturated rings. The molecule has 0 aromatic heterocycles. The van der Waals surface area contributed by atoms with Gasteiger partial charge in [0.1, 0.15) is 0 Å². The molecule has 0 atom stereocenters. The minimum atomic E-state index is -4.07. The van der Waals surface area contributed by atoms with Crippen LogP contribution in [0.15, 0.2) is 22.7 Å². The highest BCUT2D eigenvalue weighted by Crippen LogP contribution is 2.36. The van der Waals surface area contributed by atoms with E-state index in [2.05, 4.69) is 15.9 Å². The molecule has 0 unspecified atom stereocenters. The third-order valence-corrected chi connectivity index (χ3v) is 3.78. The summed E-state index contributed by atoms with van der Waals surface area (Å²) in [5, 5.41) is 0. The van der Waals surface area contributed by atoms with Gasteiger partial charge in [-0.05, 0) is 31.0 Å². The summed E-state index contributed by atoms with van der Waals surface area (Å²) in [5.41, 5.74) is 7.29. The first kappa shape index (κ1) is 13.5. The largest absolute Gasteiger partial charge is 0.397 e. The lowest BCUT2D eigenvalue weighted by Gasteiger charge is -2.35. The van der Waals surface area contributed by atoms with Crippen molar-refractivity contribution in [2.24, 2.45) is 5.92 Å². The Balaban J connectivity index is 2.06. The predicted molar refractivity (Wildman–Crippen MR) is 69.5 cm³/mol. The SMILES string of the molecule is Nc1cc(Br)ccc1N1CCC(C(F)(F)F)CC1. The molecule has 0 radical (unpaired) electrons. The smallest absolute Gasteiger partial charge is 0.391 e. The van der Waals surface area contributed by atoms with Gasteiger partial charge in [-0.15, -0.1) is 0 Å². The van der Waals surface area contributed by atoms with Gasteiger partial charge in [0.15, 0.2) is 0 Å². The summed E-state index contributed by atoms with van der Waals surface area (Å²) < 4.78 is 38.5. The fourth-order valence-corrected chi connectivity index (χ4v) is 2.64. The molecule has 100 valence electrons. The summed E-state index contributed by atoms with van der Waals surface area (Å²) in [5.74, 6) is -1.18. The second-order valence-electron chi connectivity index (χ2n) is 4.51. The van der Waals surface area contributed by atoms with E-state index in [1.54, 1.807) is 6.07 Å². The number of benzene rings is 1. The zero-order valence-electron chi connectivity index (χ0n) is 9.67. The standard InChI is InChI=1S/C12H14BrF3N2/c13-9-1-2-11(10(17)7-9)18-5-3-8(4-6-18)12(14,15)16/h1-2,7-8H,3-6,17H2.